The number of amides is 1. The number of nitrogens with zero attached hydrogens (tertiary/aromatic N) is 3. The standard InChI is InChI=1S/C19H26N4OS/c1-22(2)19-21-17(14-25-19)12-20-18(24)16-8-6-15(7-9-16)13-23-10-4-3-5-11-23/h6-9,14H,3-5,10-13H2,1-2H3,(H,20,24). The van der Waals surface area contributed by atoms with Crippen LogP contribution in [0.25, 0.3) is 0 Å². The summed E-state index contributed by atoms with van der Waals surface area (Å²) in [7, 11) is 3.93. The molecule has 1 saturated heterocycles. The van der Waals surface area contributed by atoms with Gasteiger partial charge in [0.2, 0.25) is 0 Å². The van der Waals surface area contributed by atoms with Gasteiger partial charge in [0.1, 0.15) is 0 Å². The number of likely N-dealkylation sites (tertiary alicyclic amines) is 1. The van der Waals surface area contributed by atoms with Crippen LogP contribution in [-0.2, 0) is 13.1 Å². The summed E-state index contributed by atoms with van der Waals surface area (Å²) in [6, 6.07) is 7.97. The molecule has 25 heavy (non-hydrogen) atoms. The van der Waals surface area contributed by atoms with Gasteiger partial charge in [-0.2, -0.15) is 0 Å². The molecule has 0 spiro atoms. The van der Waals surface area contributed by atoms with Gasteiger partial charge in [0.15, 0.2) is 5.13 Å². The molecule has 1 fully saturated rings. The third kappa shape index (κ3) is 5.03. The van der Waals surface area contributed by atoms with Crippen molar-refractivity contribution in [3.05, 3.63) is 46.5 Å². The summed E-state index contributed by atoms with van der Waals surface area (Å²) < 4.78 is 0. The quantitative estimate of drug-likeness (QED) is 0.862. The van der Waals surface area contributed by atoms with E-state index in [0.717, 1.165) is 17.4 Å². The minimum Gasteiger partial charge on any atom is -0.354 e. The Labute approximate surface area is 153 Å². The summed E-state index contributed by atoms with van der Waals surface area (Å²) >= 11 is 1.58. The molecule has 3 rings (SSSR count). The van der Waals surface area contributed by atoms with E-state index in [1.807, 2.05) is 36.5 Å². The number of carbonyl (C=O) groups excluding carboxylic acids is 1. The summed E-state index contributed by atoms with van der Waals surface area (Å²) in [4.78, 5) is 21.2. The molecule has 0 atom stereocenters. The molecule has 1 aromatic heterocycles. The third-order valence-electron chi connectivity index (χ3n) is 4.42. The van der Waals surface area contributed by atoms with E-state index in [2.05, 4.69) is 27.3 Å². The summed E-state index contributed by atoms with van der Waals surface area (Å²) in [5.41, 5.74) is 2.86. The van der Waals surface area contributed by atoms with Gasteiger partial charge < -0.3 is 10.2 Å². The van der Waals surface area contributed by atoms with E-state index in [0.29, 0.717) is 12.1 Å². The predicted octanol–water partition coefficient (Wildman–Crippen LogP) is 3.13. The van der Waals surface area contributed by atoms with E-state index in [9.17, 15) is 4.79 Å². The molecular weight excluding hydrogens is 332 g/mol. The van der Waals surface area contributed by atoms with Crippen LogP contribution >= 0.6 is 11.3 Å². The Morgan fingerprint density at radius 3 is 2.56 bits per heavy atom. The first-order valence-electron chi connectivity index (χ1n) is 8.83. The van der Waals surface area contributed by atoms with Crippen molar-refractivity contribution in [3.8, 4) is 0 Å². The van der Waals surface area contributed by atoms with Gasteiger partial charge in [-0.1, -0.05) is 18.6 Å². The smallest absolute Gasteiger partial charge is 0.251 e. The lowest BCUT2D eigenvalue weighted by Gasteiger charge is -2.26. The van der Waals surface area contributed by atoms with E-state index in [-0.39, 0.29) is 5.91 Å². The van der Waals surface area contributed by atoms with Crippen molar-refractivity contribution < 1.29 is 4.79 Å². The zero-order chi connectivity index (χ0) is 17.6. The fourth-order valence-corrected chi connectivity index (χ4v) is 3.75. The highest BCUT2D eigenvalue weighted by Crippen LogP contribution is 2.18. The zero-order valence-corrected chi connectivity index (χ0v) is 15.8. The molecule has 1 N–H and O–H groups in total. The number of aromatic nitrogens is 1. The Hall–Kier alpha value is -1.92. The highest BCUT2D eigenvalue weighted by molar-refractivity contribution is 7.13. The molecule has 0 aliphatic carbocycles. The lowest BCUT2D eigenvalue weighted by Crippen LogP contribution is -2.29. The van der Waals surface area contributed by atoms with E-state index >= 15 is 0 Å². The fraction of sp³-hybridized carbons (Fsp3) is 0.474. The first kappa shape index (κ1) is 17.9. The largest absolute Gasteiger partial charge is 0.354 e. The first-order valence-corrected chi connectivity index (χ1v) is 9.71. The molecule has 1 aromatic carbocycles. The van der Waals surface area contributed by atoms with Gasteiger partial charge >= 0.3 is 0 Å². The number of hydrogen-bond acceptors (Lipinski definition) is 5. The van der Waals surface area contributed by atoms with Crippen LogP contribution in [-0.4, -0.2) is 43.0 Å². The lowest BCUT2D eigenvalue weighted by molar-refractivity contribution is 0.0950. The predicted molar refractivity (Wildman–Crippen MR) is 103 cm³/mol. The third-order valence-corrected chi connectivity index (χ3v) is 5.48. The van der Waals surface area contributed by atoms with Crippen LogP contribution < -0.4 is 10.2 Å². The highest BCUT2D eigenvalue weighted by atomic mass is 32.1. The van der Waals surface area contributed by atoms with Crippen molar-refractivity contribution in [1.82, 2.24) is 15.2 Å². The lowest BCUT2D eigenvalue weighted by atomic mass is 10.1. The monoisotopic (exact) mass is 358 g/mol. The molecule has 0 bridgehead atoms. The topological polar surface area (TPSA) is 48.5 Å². The SMILES string of the molecule is CN(C)c1nc(CNC(=O)c2ccc(CN3CCCCC3)cc2)cs1. The molecule has 0 saturated carbocycles. The van der Waals surface area contributed by atoms with Crippen molar-refractivity contribution >= 4 is 22.4 Å². The maximum absolute atomic E-state index is 12.3. The molecule has 1 aliphatic rings. The highest BCUT2D eigenvalue weighted by Gasteiger charge is 2.11. The molecule has 134 valence electrons. The Morgan fingerprint density at radius 2 is 1.92 bits per heavy atom. The van der Waals surface area contributed by atoms with Crippen LogP contribution in [0.15, 0.2) is 29.6 Å². The molecule has 6 heteroatoms. The van der Waals surface area contributed by atoms with Crippen molar-refractivity contribution in [2.45, 2.75) is 32.4 Å². The Balaban J connectivity index is 1.51. The average molecular weight is 359 g/mol. The fourth-order valence-electron chi connectivity index (χ4n) is 2.99. The zero-order valence-electron chi connectivity index (χ0n) is 15.0. The number of carbonyl (C=O) groups is 1. The van der Waals surface area contributed by atoms with Gasteiger partial charge in [0.25, 0.3) is 5.91 Å². The first-order chi connectivity index (χ1) is 12.1. The summed E-state index contributed by atoms with van der Waals surface area (Å²) in [6.45, 7) is 3.81. The van der Waals surface area contributed by atoms with E-state index < -0.39 is 0 Å². The molecule has 1 aliphatic heterocycles. The van der Waals surface area contributed by atoms with Crippen LogP contribution in [0.3, 0.4) is 0 Å². The number of rotatable bonds is 6. The Morgan fingerprint density at radius 1 is 1.20 bits per heavy atom. The molecule has 0 radical (unpaired) electrons. The Kier molecular flexibility index (Phi) is 6.04. The van der Waals surface area contributed by atoms with Gasteiger partial charge in [-0.15, -0.1) is 11.3 Å². The van der Waals surface area contributed by atoms with E-state index in [1.54, 1.807) is 11.3 Å². The van der Waals surface area contributed by atoms with Crippen LogP contribution in [0, 0.1) is 0 Å². The summed E-state index contributed by atoms with van der Waals surface area (Å²) in [5.74, 6) is -0.0519. The second-order valence-electron chi connectivity index (χ2n) is 6.73. The van der Waals surface area contributed by atoms with Crippen molar-refractivity contribution in [3.63, 3.8) is 0 Å². The van der Waals surface area contributed by atoms with Gasteiger partial charge in [-0.3, -0.25) is 9.69 Å². The van der Waals surface area contributed by atoms with Crippen LogP contribution in [0.5, 0.6) is 0 Å². The van der Waals surface area contributed by atoms with Gasteiger partial charge in [0.05, 0.1) is 12.2 Å². The summed E-state index contributed by atoms with van der Waals surface area (Å²) in [6.07, 6.45) is 3.95. The van der Waals surface area contributed by atoms with Crippen LogP contribution in [0.2, 0.25) is 0 Å². The second kappa shape index (κ2) is 8.45. The number of benzene rings is 1. The summed E-state index contributed by atoms with van der Waals surface area (Å²) in [5, 5.41) is 5.88. The Bertz CT molecular complexity index is 690. The molecule has 2 aromatic rings. The van der Waals surface area contributed by atoms with Gasteiger partial charge in [-0.05, 0) is 43.6 Å². The number of nitrogens with one attached hydrogen (secondary N) is 1. The van der Waals surface area contributed by atoms with Gasteiger partial charge in [0, 0.05) is 31.6 Å². The normalized spacial score (nSPS) is 15.1. The molecular formula is C19H26N4OS. The minimum atomic E-state index is -0.0519. The molecule has 2 heterocycles. The van der Waals surface area contributed by atoms with Crippen molar-refractivity contribution in [2.24, 2.45) is 0 Å². The van der Waals surface area contributed by atoms with Crippen LogP contribution in [0.4, 0.5) is 5.13 Å². The number of anilines is 1. The molecule has 0 unspecified atom stereocenters. The van der Waals surface area contributed by atoms with Gasteiger partial charge in [-0.25, -0.2) is 4.98 Å². The maximum atomic E-state index is 12.3. The second-order valence-corrected chi connectivity index (χ2v) is 7.57. The van der Waals surface area contributed by atoms with Crippen molar-refractivity contribution in [2.75, 3.05) is 32.1 Å². The maximum Gasteiger partial charge on any atom is 0.251 e. The number of thiazole rings is 1. The van der Waals surface area contributed by atoms with E-state index in [4.69, 9.17) is 0 Å². The van der Waals surface area contributed by atoms with Crippen molar-refractivity contribution in [1.29, 1.82) is 0 Å². The minimum absolute atomic E-state index is 0.0519. The van der Waals surface area contributed by atoms with E-state index in [1.165, 1.54) is 37.9 Å². The number of hydrogen-bond donors (Lipinski definition) is 1. The van der Waals surface area contributed by atoms with Crippen LogP contribution in [0.1, 0.15) is 40.9 Å². The molecule has 1 amide bonds. The molecule has 5 nitrogen and oxygen atoms in total. The average Bonchev–Trinajstić information content (AvgIpc) is 3.11. The number of piperidine rings is 1.